The number of hydrogen-bond donors (Lipinski definition) is 2. The van der Waals surface area contributed by atoms with Crippen LogP contribution in [-0.4, -0.2) is 6.10 Å². The number of rotatable bonds is 5. The van der Waals surface area contributed by atoms with Gasteiger partial charge in [0.05, 0.1) is 6.10 Å². The average molecular weight is 256 g/mol. The van der Waals surface area contributed by atoms with Gasteiger partial charge in [0.2, 0.25) is 0 Å². The second-order valence-electron chi connectivity index (χ2n) is 4.79. The first-order valence-corrected chi connectivity index (χ1v) is 6.48. The van der Waals surface area contributed by atoms with E-state index in [2.05, 4.69) is 11.4 Å². The Morgan fingerprint density at radius 2 is 1.89 bits per heavy atom. The third-order valence-corrected chi connectivity index (χ3v) is 2.65. The lowest BCUT2D eigenvalue weighted by Crippen LogP contribution is -2.06. The fourth-order valence-electron chi connectivity index (χ4n) is 1.86. The molecule has 0 saturated carbocycles. The minimum absolute atomic E-state index is 0.184. The van der Waals surface area contributed by atoms with Crippen molar-refractivity contribution in [3.63, 3.8) is 0 Å². The van der Waals surface area contributed by atoms with Crippen LogP contribution < -0.4 is 15.8 Å². The maximum absolute atomic E-state index is 5.76. The van der Waals surface area contributed by atoms with E-state index in [0.29, 0.717) is 0 Å². The topological polar surface area (TPSA) is 47.3 Å². The Morgan fingerprint density at radius 3 is 2.63 bits per heavy atom. The van der Waals surface area contributed by atoms with Crippen molar-refractivity contribution in [1.29, 1.82) is 0 Å². The first-order valence-electron chi connectivity index (χ1n) is 6.48. The number of nitrogen functional groups attached to an aromatic ring is 1. The maximum Gasteiger partial charge on any atom is 0.121 e. The van der Waals surface area contributed by atoms with Crippen molar-refractivity contribution >= 4 is 11.4 Å². The smallest absolute Gasteiger partial charge is 0.121 e. The molecule has 0 aliphatic heterocycles. The quantitative estimate of drug-likeness (QED) is 0.802. The van der Waals surface area contributed by atoms with Crippen LogP contribution in [0.4, 0.5) is 11.4 Å². The lowest BCUT2D eigenvalue weighted by atomic mass is 10.2. The van der Waals surface area contributed by atoms with E-state index in [0.717, 1.165) is 29.2 Å². The van der Waals surface area contributed by atoms with Crippen LogP contribution in [0.25, 0.3) is 0 Å². The number of hydrogen-bond acceptors (Lipinski definition) is 3. The molecule has 0 atom stereocenters. The third-order valence-electron chi connectivity index (χ3n) is 2.65. The van der Waals surface area contributed by atoms with E-state index in [1.807, 2.05) is 56.3 Å². The van der Waals surface area contributed by atoms with Crippen molar-refractivity contribution in [2.45, 2.75) is 26.5 Å². The normalized spacial score (nSPS) is 10.5. The zero-order chi connectivity index (χ0) is 13.7. The summed E-state index contributed by atoms with van der Waals surface area (Å²) in [5, 5.41) is 3.37. The Morgan fingerprint density at radius 1 is 1.11 bits per heavy atom. The highest BCUT2D eigenvalue weighted by Crippen LogP contribution is 2.19. The molecule has 100 valence electrons. The van der Waals surface area contributed by atoms with Gasteiger partial charge in [0.15, 0.2) is 0 Å². The van der Waals surface area contributed by atoms with E-state index in [4.69, 9.17) is 10.5 Å². The van der Waals surface area contributed by atoms with E-state index in [9.17, 15) is 0 Å². The van der Waals surface area contributed by atoms with Crippen molar-refractivity contribution in [3.8, 4) is 5.75 Å². The molecule has 0 amide bonds. The predicted octanol–water partition coefficient (Wildman–Crippen LogP) is 3.67. The van der Waals surface area contributed by atoms with Gasteiger partial charge in [-0.25, -0.2) is 0 Å². The summed E-state index contributed by atoms with van der Waals surface area (Å²) in [4.78, 5) is 0. The minimum Gasteiger partial charge on any atom is -0.491 e. The van der Waals surface area contributed by atoms with E-state index >= 15 is 0 Å². The van der Waals surface area contributed by atoms with Gasteiger partial charge in [0.25, 0.3) is 0 Å². The molecule has 3 N–H and O–H groups in total. The van der Waals surface area contributed by atoms with Crippen molar-refractivity contribution in [1.82, 2.24) is 0 Å². The highest BCUT2D eigenvalue weighted by atomic mass is 16.5. The Bertz CT molecular complexity index is 538. The van der Waals surface area contributed by atoms with E-state index in [-0.39, 0.29) is 6.10 Å². The van der Waals surface area contributed by atoms with E-state index in [1.165, 1.54) is 0 Å². The molecule has 0 aliphatic carbocycles. The fraction of sp³-hybridized carbons (Fsp3) is 0.250. The molecule has 2 rings (SSSR count). The van der Waals surface area contributed by atoms with Gasteiger partial charge in [0, 0.05) is 24.0 Å². The van der Waals surface area contributed by atoms with Crippen LogP contribution in [0, 0.1) is 0 Å². The third kappa shape index (κ3) is 4.21. The lowest BCUT2D eigenvalue weighted by Gasteiger charge is -2.12. The van der Waals surface area contributed by atoms with Crippen LogP contribution in [0.5, 0.6) is 5.75 Å². The standard InChI is InChI=1S/C16H20N2O/c1-12(2)19-16-8-4-7-15(10-16)18-11-13-5-3-6-14(17)9-13/h3-10,12,18H,11,17H2,1-2H3. The Balaban J connectivity index is 1.99. The number of anilines is 2. The highest BCUT2D eigenvalue weighted by Gasteiger charge is 2.00. The highest BCUT2D eigenvalue weighted by molar-refractivity contribution is 5.49. The number of nitrogens with two attached hydrogens (primary N) is 1. The first kappa shape index (κ1) is 13.3. The zero-order valence-corrected chi connectivity index (χ0v) is 11.4. The Hall–Kier alpha value is -2.16. The van der Waals surface area contributed by atoms with Gasteiger partial charge in [-0.15, -0.1) is 0 Å². The molecule has 2 aromatic carbocycles. The lowest BCUT2D eigenvalue weighted by molar-refractivity contribution is 0.242. The Labute approximate surface area is 114 Å². The van der Waals surface area contributed by atoms with Crippen molar-refractivity contribution in [3.05, 3.63) is 54.1 Å². The molecule has 0 radical (unpaired) electrons. The second-order valence-corrected chi connectivity index (χ2v) is 4.79. The molecule has 0 aliphatic rings. The monoisotopic (exact) mass is 256 g/mol. The van der Waals surface area contributed by atoms with Gasteiger partial charge in [-0.2, -0.15) is 0 Å². The van der Waals surface area contributed by atoms with Gasteiger partial charge in [0.1, 0.15) is 5.75 Å². The first-order chi connectivity index (χ1) is 9.13. The Kier molecular flexibility index (Phi) is 4.29. The van der Waals surface area contributed by atoms with Crippen molar-refractivity contribution in [2.24, 2.45) is 0 Å². The largest absolute Gasteiger partial charge is 0.491 e. The van der Waals surface area contributed by atoms with E-state index in [1.54, 1.807) is 0 Å². The molecule has 2 aromatic rings. The molecule has 19 heavy (non-hydrogen) atoms. The van der Waals surface area contributed by atoms with Gasteiger partial charge < -0.3 is 15.8 Å². The summed E-state index contributed by atoms with van der Waals surface area (Å²) in [5.41, 5.74) is 8.75. The van der Waals surface area contributed by atoms with Gasteiger partial charge in [-0.1, -0.05) is 18.2 Å². The summed E-state index contributed by atoms with van der Waals surface area (Å²) in [5.74, 6) is 0.882. The molecule has 0 bridgehead atoms. The summed E-state index contributed by atoms with van der Waals surface area (Å²) in [7, 11) is 0. The molecule has 0 saturated heterocycles. The summed E-state index contributed by atoms with van der Waals surface area (Å²) in [6.07, 6.45) is 0.184. The molecular weight excluding hydrogens is 236 g/mol. The average Bonchev–Trinajstić information content (AvgIpc) is 2.36. The van der Waals surface area contributed by atoms with Crippen LogP contribution in [-0.2, 0) is 6.54 Å². The molecule has 3 heteroatoms. The van der Waals surface area contributed by atoms with Crippen LogP contribution in [0.3, 0.4) is 0 Å². The molecule has 0 aromatic heterocycles. The number of nitrogens with one attached hydrogen (secondary N) is 1. The number of benzene rings is 2. The fourth-order valence-corrected chi connectivity index (χ4v) is 1.86. The molecular formula is C16H20N2O. The van der Waals surface area contributed by atoms with E-state index < -0.39 is 0 Å². The molecule has 3 nitrogen and oxygen atoms in total. The predicted molar refractivity (Wildman–Crippen MR) is 80.4 cm³/mol. The van der Waals surface area contributed by atoms with Crippen LogP contribution >= 0.6 is 0 Å². The molecule has 0 heterocycles. The minimum atomic E-state index is 0.184. The second kappa shape index (κ2) is 6.14. The van der Waals surface area contributed by atoms with Gasteiger partial charge in [-0.05, 0) is 43.7 Å². The molecule has 0 spiro atoms. The maximum atomic E-state index is 5.76. The summed E-state index contributed by atoms with van der Waals surface area (Å²) < 4.78 is 5.67. The SMILES string of the molecule is CC(C)Oc1cccc(NCc2cccc(N)c2)c1. The zero-order valence-electron chi connectivity index (χ0n) is 11.4. The van der Waals surface area contributed by atoms with Crippen LogP contribution in [0.2, 0.25) is 0 Å². The van der Waals surface area contributed by atoms with Crippen LogP contribution in [0.1, 0.15) is 19.4 Å². The van der Waals surface area contributed by atoms with Gasteiger partial charge >= 0.3 is 0 Å². The molecule has 0 unspecified atom stereocenters. The summed E-state index contributed by atoms with van der Waals surface area (Å²) >= 11 is 0. The van der Waals surface area contributed by atoms with Crippen molar-refractivity contribution in [2.75, 3.05) is 11.1 Å². The summed E-state index contributed by atoms with van der Waals surface area (Å²) in [6.45, 7) is 4.79. The summed E-state index contributed by atoms with van der Waals surface area (Å²) in [6, 6.07) is 15.9. The van der Waals surface area contributed by atoms with Crippen molar-refractivity contribution < 1.29 is 4.74 Å². The van der Waals surface area contributed by atoms with Gasteiger partial charge in [-0.3, -0.25) is 0 Å². The molecule has 0 fully saturated rings. The number of ether oxygens (including phenoxy) is 1. The van der Waals surface area contributed by atoms with Crippen LogP contribution in [0.15, 0.2) is 48.5 Å².